The molecule has 0 saturated heterocycles. The zero-order chi connectivity index (χ0) is 11.6. The molecule has 16 heavy (non-hydrogen) atoms. The van der Waals surface area contributed by atoms with Crippen LogP contribution in [0, 0.1) is 0 Å². The van der Waals surface area contributed by atoms with Gasteiger partial charge in [-0.2, -0.15) is 0 Å². The molecule has 0 heterocycles. The number of ether oxygens (including phenoxy) is 1. The van der Waals surface area contributed by atoms with E-state index in [-0.39, 0.29) is 0 Å². The van der Waals surface area contributed by atoms with Crippen LogP contribution in [0.25, 0.3) is 0 Å². The lowest BCUT2D eigenvalue weighted by molar-refractivity contribution is 0.131. The summed E-state index contributed by atoms with van der Waals surface area (Å²) in [6, 6.07) is 7.78. The lowest BCUT2D eigenvalue weighted by atomic mass is 10.2. The van der Waals surface area contributed by atoms with Crippen molar-refractivity contribution in [3.63, 3.8) is 0 Å². The summed E-state index contributed by atoms with van der Waals surface area (Å²) < 4.78 is 5.07. The highest BCUT2D eigenvalue weighted by Crippen LogP contribution is 2.11. The molecule has 0 spiro atoms. The predicted molar refractivity (Wildman–Crippen MR) is 65.8 cm³/mol. The highest BCUT2D eigenvalue weighted by atomic mass is 16.6. The molecule has 0 amide bonds. The summed E-state index contributed by atoms with van der Waals surface area (Å²) in [6.07, 6.45) is 5.16. The molecule has 0 aliphatic carbocycles. The zero-order valence-corrected chi connectivity index (χ0v) is 9.98. The second-order valence-corrected chi connectivity index (χ2v) is 3.55. The first-order valence-electron chi connectivity index (χ1n) is 5.63. The molecular weight excluding hydrogens is 202 g/mol. The van der Waals surface area contributed by atoms with Gasteiger partial charge in [0.25, 0.3) is 0 Å². The average Bonchev–Trinajstić information content (AvgIpc) is 2.34. The van der Waals surface area contributed by atoms with Crippen molar-refractivity contribution >= 4 is 6.21 Å². The summed E-state index contributed by atoms with van der Waals surface area (Å²) in [5, 5.41) is 3.89. The minimum atomic E-state index is 0.507. The minimum Gasteiger partial charge on any atom is -0.497 e. The van der Waals surface area contributed by atoms with Crippen LogP contribution in [0.15, 0.2) is 29.4 Å². The molecule has 0 N–H and O–H groups in total. The molecule has 1 aromatic carbocycles. The van der Waals surface area contributed by atoms with Crippen molar-refractivity contribution in [1.82, 2.24) is 0 Å². The van der Waals surface area contributed by atoms with Crippen LogP contribution in [0.5, 0.6) is 5.75 Å². The molecule has 0 saturated carbocycles. The quantitative estimate of drug-likeness (QED) is 0.401. The number of oxime groups is 1. The molecule has 1 aromatic rings. The fraction of sp³-hybridized carbons (Fsp3) is 0.462. The molecule has 0 unspecified atom stereocenters. The van der Waals surface area contributed by atoms with Gasteiger partial charge in [0.1, 0.15) is 12.4 Å². The molecule has 0 aliphatic heterocycles. The van der Waals surface area contributed by atoms with Crippen molar-refractivity contribution in [2.24, 2.45) is 5.16 Å². The Morgan fingerprint density at radius 3 is 2.62 bits per heavy atom. The second-order valence-electron chi connectivity index (χ2n) is 3.55. The summed E-state index contributed by atoms with van der Waals surface area (Å²) in [7, 11) is 1.66. The maximum atomic E-state index is 5.17. The van der Waals surface area contributed by atoms with E-state index in [9.17, 15) is 0 Å². The molecule has 0 aliphatic rings. The van der Waals surface area contributed by atoms with Crippen molar-refractivity contribution in [2.75, 3.05) is 7.11 Å². The minimum absolute atomic E-state index is 0.507. The van der Waals surface area contributed by atoms with E-state index in [0.717, 1.165) is 24.2 Å². The van der Waals surface area contributed by atoms with Gasteiger partial charge in [0.2, 0.25) is 0 Å². The smallest absolute Gasteiger partial charge is 0.142 e. The maximum Gasteiger partial charge on any atom is 0.142 e. The SMILES string of the molecule is CCCCC=NOCc1ccc(OC)cc1. The Labute approximate surface area is 97.1 Å². The van der Waals surface area contributed by atoms with Crippen LogP contribution in [0.1, 0.15) is 31.7 Å². The van der Waals surface area contributed by atoms with Gasteiger partial charge in [-0.15, -0.1) is 0 Å². The Bertz CT molecular complexity index is 306. The Balaban J connectivity index is 2.23. The number of rotatable bonds is 7. The van der Waals surface area contributed by atoms with E-state index >= 15 is 0 Å². The van der Waals surface area contributed by atoms with Gasteiger partial charge in [0, 0.05) is 6.21 Å². The van der Waals surface area contributed by atoms with Crippen LogP contribution in [-0.4, -0.2) is 13.3 Å². The monoisotopic (exact) mass is 221 g/mol. The fourth-order valence-corrected chi connectivity index (χ4v) is 1.23. The molecule has 1 rings (SSSR count). The predicted octanol–water partition coefficient (Wildman–Crippen LogP) is 3.39. The number of hydrogen-bond acceptors (Lipinski definition) is 3. The molecule has 88 valence electrons. The molecular formula is C13H19NO2. The van der Waals surface area contributed by atoms with Crippen molar-refractivity contribution in [2.45, 2.75) is 32.8 Å². The lowest BCUT2D eigenvalue weighted by Crippen LogP contribution is -1.88. The molecule has 0 atom stereocenters. The Morgan fingerprint density at radius 1 is 1.25 bits per heavy atom. The highest BCUT2D eigenvalue weighted by molar-refractivity contribution is 5.56. The van der Waals surface area contributed by atoms with Crippen LogP contribution in [0.4, 0.5) is 0 Å². The Kier molecular flexibility index (Phi) is 6.07. The van der Waals surface area contributed by atoms with E-state index in [4.69, 9.17) is 9.57 Å². The van der Waals surface area contributed by atoms with E-state index in [1.807, 2.05) is 30.5 Å². The number of nitrogens with zero attached hydrogens (tertiary/aromatic N) is 1. The third kappa shape index (κ3) is 4.82. The number of methoxy groups -OCH3 is 1. The summed E-state index contributed by atoms with van der Waals surface area (Å²) in [4.78, 5) is 5.17. The van der Waals surface area contributed by atoms with Gasteiger partial charge < -0.3 is 9.57 Å². The van der Waals surface area contributed by atoms with E-state index in [2.05, 4.69) is 12.1 Å². The third-order valence-electron chi connectivity index (χ3n) is 2.23. The van der Waals surface area contributed by atoms with Gasteiger partial charge >= 0.3 is 0 Å². The van der Waals surface area contributed by atoms with Gasteiger partial charge in [-0.25, -0.2) is 0 Å². The normalized spacial score (nSPS) is 10.6. The zero-order valence-electron chi connectivity index (χ0n) is 9.98. The highest BCUT2D eigenvalue weighted by Gasteiger charge is 1.93. The van der Waals surface area contributed by atoms with Crippen molar-refractivity contribution < 1.29 is 9.57 Å². The van der Waals surface area contributed by atoms with Gasteiger partial charge in [-0.3, -0.25) is 0 Å². The molecule has 3 heteroatoms. The summed E-state index contributed by atoms with van der Waals surface area (Å²) in [5.74, 6) is 0.857. The van der Waals surface area contributed by atoms with E-state index in [0.29, 0.717) is 6.61 Å². The van der Waals surface area contributed by atoms with Crippen LogP contribution < -0.4 is 4.74 Å². The van der Waals surface area contributed by atoms with Crippen molar-refractivity contribution in [1.29, 1.82) is 0 Å². The molecule has 0 aromatic heterocycles. The van der Waals surface area contributed by atoms with Crippen LogP contribution in [0.2, 0.25) is 0 Å². The topological polar surface area (TPSA) is 30.8 Å². The first-order chi connectivity index (χ1) is 7.86. The summed E-state index contributed by atoms with van der Waals surface area (Å²) in [6.45, 7) is 2.67. The molecule has 0 radical (unpaired) electrons. The average molecular weight is 221 g/mol. The van der Waals surface area contributed by atoms with Gasteiger partial charge in [0.15, 0.2) is 0 Å². The van der Waals surface area contributed by atoms with Crippen LogP contribution in [0.3, 0.4) is 0 Å². The van der Waals surface area contributed by atoms with Crippen LogP contribution >= 0.6 is 0 Å². The number of hydrogen-bond donors (Lipinski definition) is 0. The third-order valence-corrected chi connectivity index (χ3v) is 2.23. The lowest BCUT2D eigenvalue weighted by Gasteiger charge is -2.02. The molecule has 3 nitrogen and oxygen atoms in total. The Morgan fingerprint density at radius 2 is 2.00 bits per heavy atom. The first-order valence-corrected chi connectivity index (χ1v) is 5.63. The van der Waals surface area contributed by atoms with Gasteiger partial charge in [-0.1, -0.05) is 30.6 Å². The summed E-state index contributed by atoms with van der Waals surface area (Å²) >= 11 is 0. The largest absolute Gasteiger partial charge is 0.497 e. The van der Waals surface area contributed by atoms with E-state index < -0.39 is 0 Å². The molecule has 0 fully saturated rings. The van der Waals surface area contributed by atoms with Crippen molar-refractivity contribution in [3.05, 3.63) is 29.8 Å². The van der Waals surface area contributed by atoms with E-state index in [1.54, 1.807) is 7.11 Å². The van der Waals surface area contributed by atoms with Crippen molar-refractivity contribution in [3.8, 4) is 5.75 Å². The molecule has 0 bridgehead atoms. The number of unbranched alkanes of at least 4 members (excludes halogenated alkanes) is 2. The van der Waals surface area contributed by atoms with Crippen LogP contribution in [-0.2, 0) is 11.4 Å². The second kappa shape index (κ2) is 7.74. The van der Waals surface area contributed by atoms with Gasteiger partial charge in [-0.05, 0) is 30.5 Å². The Hall–Kier alpha value is -1.51. The maximum absolute atomic E-state index is 5.17. The van der Waals surface area contributed by atoms with Gasteiger partial charge in [0.05, 0.1) is 7.11 Å². The standard InChI is InChI=1S/C13H19NO2/c1-3-4-5-10-14-16-11-12-6-8-13(15-2)9-7-12/h6-10H,3-5,11H2,1-2H3. The summed E-state index contributed by atoms with van der Waals surface area (Å²) in [5.41, 5.74) is 1.09. The number of benzene rings is 1. The fourth-order valence-electron chi connectivity index (χ4n) is 1.23. The first kappa shape index (κ1) is 12.6. The van der Waals surface area contributed by atoms with E-state index in [1.165, 1.54) is 6.42 Å².